The number of rotatable bonds is 0. The van der Waals surface area contributed by atoms with Gasteiger partial charge in [0, 0.05) is 7.43 Å². The summed E-state index contributed by atoms with van der Waals surface area (Å²) >= 11 is 0. The van der Waals surface area contributed by atoms with Gasteiger partial charge in [0.15, 0.2) is 0 Å². The molecule has 0 unspecified atom stereocenters. The van der Waals surface area contributed by atoms with Gasteiger partial charge < -0.3 is 0 Å². The molecule has 0 N–H and O–H groups in total. The van der Waals surface area contributed by atoms with Crippen molar-refractivity contribution in [2.75, 3.05) is 0 Å². The summed E-state index contributed by atoms with van der Waals surface area (Å²) in [6.45, 7) is 2.00. The number of hydrogen-bond donors (Lipinski definition) is 0. The van der Waals surface area contributed by atoms with Crippen LogP contribution in [0.2, 0.25) is 0 Å². The largest absolute Gasteiger partial charge is 0 e. The van der Waals surface area contributed by atoms with E-state index in [0.717, 1.165) is 0 Å². The van der Waals surface area contributed by atoms with Gasteiger partial charge in [0.1, 0.15) is 0 Å². The van der Waals surface area contributed by atoms with Crippen molar-refractivity contribution >= 4 is 12.9 Å². The number of hydrogen-bond acceptors (Lipinski definition) is 0. The van der Waals surface area contributed by atoms with Crippen molar-refractivity contribution in [2.45, 2.75) is 0 Å². The molecule has 1 heteroatoms. The average Bonchev–Trinajstić information content (AvgIpc) is 0.722. The molecule has 0 spiro atoms. The second kappa shape index (κ2) is 1.95. The van der Waals surface area contributed by atoms with Gasteiger partial charge in [-0.25, -0.2) is 0 Å². The molecule has 5 heavy (non-hydrogen) atoms. The van der Waals surface area contributed by atoms with Gasteiger partial charge in [0.25, 0.3) is 0 Å². The van der Waals surface area contributed by atoms with Crippen molar-refractivity contribution < 1.29 is 0 Å². The summed E-state index contributed by atoms with van der Waals surface area (Å²) in [5.74, 6) is 4.00. The Balaban J connectivity index is 0.000000160. The Kier molecular flexibility index (Phi) is 1.82. The SMILES string of the molecule is B1=CC=C1.[C]. The summed E-state index contributed by atoms with van der Waals surface area (Å²) in [5.41, 5.74) is 0. The zero-order valence-electron chi connectivity index (χ0n) is 2.81. The summed E-state index contributed by atoms with van der Waals surface area (Å²) < 4.78 is 0. The van der Waals surface area contributed by atoms with Crippen molar-refractivity contribution in [1.82, 2.24) is 0 Å². The molecule has 1 heterocycles. The van der Waals surface area contributed by atoms with Gasteiger partial charge in [-0.3, -0.25) is 0 Å². The first-order valence-corrected chi connectivity index (χ1v) is 1.33. The summed E-state index contributed by atoms with van der Waals surface area (Å²) in [6, 6.07) is 0. The molecule has 0 fully saturated rings. The molecule has 0 nitrogen and oxygen atoms in total. The average molecular weight is 61.9 g/mol. The predicted octanol–water partition coefficient (Wildman–Crippen LogP) is 0.101. The summed E-state index contributed by atoms with van der Waals surface area (Å²) in [4.78, 5) is 0. The Morgan fingerprint density at radius 2 is 1.60 bits per heavy atom. The van der Waals surface area contributed by atoms with Crippen molar-refractivity contribution in [2.24, 2.45) is 0 Å². The molecule has 0 amide bonds. The minimum Gasteiger partial charge on any atom is 0 e. The van der Waals surface area contributed by atoms with E-state index in [9.17, 15) is 0 Å². The fourth-order valence-corrected chi connectivity index (χ4v) is 0.111. The van der Waals surface area contributed by atoms with Crippen molar-refractivity contribution in [3.05, 3.63) is 19.5 Å². The molecule has 0 aromatic carbocycles. The molecule has 1 aliphatic heterocycles. The van der Waals surface area contributed by atoms with Crippen LogP contribution in [0.4, 0.5) is 0 Å². The molecule has 0 saturated carbocycles. The molecule has 1 rings (SSSR count). The molecule has 22 valence electrons. The monoisotopic (exact) mass is 62.0 g/mol. The first kappa shape index (κ1) is 4.67. The fourth-order valence-electron chi connectivity index (χ4n) is 0.111. The van der Waals surface area contributed by atoms with Crippen LogP contribution < -0.4 is 0 Å². The van der Waals surface area contributed by atoms with E-state index in [1.165, 1.54) is 0 Å². The van der Waals surface area contributed by atoms with Gasteiger partial charge in [-0.1, -0.05) is 0 Å². The van der Waals surface area contributed by atoms with Gasteiger partial charge in [0.05, 0.1) is 0 Å². The molecule has 0 aromatic rings. The summed E-state index contributed by atoms with van der Waals surface area (Å²) in [5, 5.41) is 0. The molecule has 0 atom stereocenters. The third kappa shape index (κ3) is 0.763. The third-order valence-electron chi connectivity index (χ3n) is 0.444. The van der Waals surface area contributed by atoms with Gasteiger partial charge in [-0.05, 0) is 0 Å². The van der Waals surface area contributed by atoms with Gasteiger partial charge in [-0.15, -0.1) is 0 Å². The topological polar surface area (TPSA) is 0 Å². The Morgan fingerprint density at radius 1 is 1.40 bits per heavy atom. The van der Waals surface area contributed by atoms with E-state index < -0.39 is 0 Å². The molecule has 0 aliphatic carbocycles. The van der Waals surface area contributed by atoms with Crippen molar-refractivity contribution in [3.63, 3.8) is 0 Å². The van der Waals surface area contributed by atoms with E-state index in [1.54, 1.807) is 0 Å². The standard InChI is InChI=1S/C3H3B.C/c1-2-4-3-1;/h1-3H;. The van der Waals surface area contributed by atoms with Crippen LogP contribution in [-0.4, -0.2) is 12.9 Å². The quantitative estimate of drug-likeness (QED) is 0.349. The minimum atomic E-state index is 0. The van der Waals surface area contributed by atoms with Crippen LogP contribution >= 0.6 is 0 Å². The molecule has 1 aliphatic rings. The Hall–Kier alpha value is -0.325. The van der Waals surface area contributed by atoms with Gasteiger partial charge >= 0.3 is 24.9 Å². The maximum atomic E-state index is 2.00. The Bertz CT molecular complexity index is 44.0. The predicted molar refractivity (Wildman–Crippen MR) is 24.2 cm³/mol. The summed E-state index contributed by atoms with van der Waals surface area (Å²) in [7, 11) is 0. The van der Waals surface area contributed by atoms with Gasteiger partial charge in [-0.2, -0.15) is 0 Å². The normalized spacial score (nSPS) is 11.2. The van der Waals surface area contributed by atoms with Crippen LogP contribution in [0.3, 0.4) is 0 Å². The molecule has 0 saturated heterocycles. The van der Waals surface area contributed by atoms with Crippen LogP contribution in [0.15, 0.2) is 12.1 Å². The second-order valence-electron chi connectivity index (χ2n) is 0.770. The zero-order valence-corrected chi connectivity index (χ0v) is 2.81. The zero-order chi connectivity index (χ0) is 2.83. The van der Waals surface area contributed by atoms with E-state index in [0.29, 0.717) is 0 Å². The van der Waals surface area contributed by atoms with E-state index in [4.69, 9.17) is 0 Å². The molecule has 0 bridgehead atoms. The van der Waals surface area contributed by atoms with Gasteiger partial charge in [0.2, 0.25) is 0 Å². The molecule has 4 radical (unpaired) electrons. The van der Waals surface area contributed by atoms with Crippen LogP contribution in [0.25, 0.3) is 0 Å². The summed E-state index contributed by atoms with van der Waals surface area (Å²) in [6.07, 6.45) is 2.00. The Morgan fingerprint density at radius 3 is 1.60 bits per heavy atom. The van der Waals surface area contributed by atoms with E-state index >= 15 is 0 Å². The molecule has 0 aromatic heterocycles. The van der Waals surface area contributed by atoms with Crippen molar-refractivity contribution in [1.29, 1.82) is 0 Å². The second-order valence-corrected chi connectivity index (χ2v) is 0.770. The molecular weight excluding hydrogens is 58.9 g/mol. The number of allylic oxidation sites excluding steroid dienone is 1. The van der Waals surface area contributed by atoms with Crippen molar-refractivity contribution in [3.8, 4) is 0 Å². The fraction of sp³-hybridized carbons (Fsp3) is 0. The first-order valence-electron chi connectivity index (χ1n) is 1.33. The molecular formula is C4H3B. The van der Waals surface area contributed by atoms with Crippen LogP contribution in [0.5, 0.6) is 0 Å². The van der Waals surface area contributed by atoms with Crippen LogP contribution in [0, 0.1) is 7.43 Å². The smallest absolute Gasteiger partial charge is 0 e. The maximum absolute atomic E-state index is 2.00. The van der Waals surface area contributed by atoms with E-state index in [-0.39, 0.29) is 7.43 Å². The minimum absolute atomic E-state index is 0. The van der Waals surface area contributed by atoms with E-state index in [2.05, 4.69) is 0 Å². The first-order chi connectivity index (χ1) is 2.00. The third-order valence-corrected chi connectivity index (χ3v) is 0.444. The Labute approximate surface area is 33.4 Å². The maximum Gasteiger partial charge on any atom is 0 e. The van der Waals surface area contributed by atoms with Crippen LogP contribution in [-0.2, 0) is 0 Å². The van der Waals surface area contributed by atoms with Crippen LogP contribution in [0.1, 0.15) is 0 Å². The van der Waals surface area contributed by atoms with E-state index in [1.807, 2.05) is 24.9 Å².